The van der Waals surface area contributed by atoms with Gasteiger partial charge in [0.2, 0.25) is 5.43 Å². The quantitative estimate of drug-likeness (QED) is 0.801. The highest BCUT2D eigenvalue weighted by Crippen LogP contribution is 2.23. The molecule has 2 aromatic carbocycles. The van der Waals surface area contributed by atoms with E-state index in [2.05, 4.69) is 10.2 Å². The molecule has 0 radical (unpaired) electrons. The van der Waals surface area contributed by atoms with Crippen molar-refractivity contribution in [3.63, 3.8) is 0 Å². The average Bonchev–Trinajstić information content (AvgIpc) is 2.61. The minimum absolute atomic E-state index is 0.0706. The van der Waals surface area contributed by atoms with Crippen molar-refractivity contribution < 1.29 is 13.9 Å². The number of benzene rings is 2. The maximum atomic E-state index is 13.8. The van der Waals surface area contributed by atoms with E-state index in [4.69, 9.17) is 4.74 Å². The number of hydrogen-bond acceptors (Lipinski definition) is 4. The van der Waals surface area contributed by atoms with Gasteiger partial charge in [-0.3, -0.25) is 14.7 Å². The molecule has 0 fully saturated rings. The molecule has 0 spiro atoms. The monoisotopic (exact) mass is 327 g/mol. The van der Waals surface area contributed by atoms with E-state index in [9.17, 15) is 14.0 Å². The summed E-state index contributed by atoms with van der Waals surface area (Å²) in [5, 5.41) is 6.91. The number of methoxy groups -OCH3 is 1. The third-order valence-electron chi connectivity index (χ3n) is 3.70. The lowest BCUT2D eigenvalue weighted by Crippen LogP contribution is -2.32. The van der Waals surface area contributed by atoms with Gasteiger partial charge in [0, 0.05) is 24.2 Å². The van der Waals surface area contributed by atoms with Gasteiger partial charge in [0.25, 0.3) is 5.91 Å². The number of aromatic amines is 1. The van der Waals surface area contributed by atoms with Crippen molar-refractivity contribution >= 4 is 22.5 Å². The molecule has 0 saturated carbocycles. The molecule has 0 aliphatic heterocycles. The Balaban J connectivity index is 2.01. The summed E-state index contributed by atoms with van der Waals surface area (Å²) >= 11 is 0. The molecule has 0 atom stereocenters. The van der Waals surface area contributed by atoms with Gasteiger partial charge >= 0.3 is 0 Å². The van der Waals surface area contributed by atoms with E-state index in [0.717, 1.165) is 11.0 Å². The van der Waals surface area contributed by atoms with E-state index in [1.807, 2.05) is 0 Å². The number of H-pyrrole nitrogens is 1. The van der Waals surface area contributed by atoms with Crippen LogP contribution >= 0.6 is 0 Å². The van der Waals surface area contributed by atoms with Gasteiger partial charge in [-0.25, -0.2) is 4.39 Å². The fourth-order valence-electron chi connectivity index (χ4n) is 2.36. The van der Waals surface area contributed by atoms with Crippen molar-refractivity contribution in [2.45, 2.75) is 0 Å². The van der Waals surface area contributed by atoms with Crippen LogP contribution in [-0.4, -0.2) is 30.3 Å². The van der Waals surface area contributed by atoms with E-state index >= 15 is 0 Å². The summed E-state index contributed by atoms with van der Waals surface area (Å²) in [7, 11) is 2.80. The third kappa shape index (κ3) is 2.60. The summed E-state index contributed by atoms with van der Waals surface area (Å²) in [5.41, 5.74) is 0.0902. The van der Waals surface area contributed by atoms with Gasteiger partial charge in [-0.15, -0.1) is 0 Å². The molecule has 1 aromatic heterocycles. The number of nitrogens with zero attached hydrogens (tertiary/aromatic N) is 2. The lowest BCUT2D eigenvalue weighted by Gasteiger charge is -2.17. The number of hydrogen-bond donors (Lipinski definition) is 1. The van der Waals surface area contributed by atoms with E-state index in [1.165, 1.54) is 26.3 Å². The van der Waals surface area contributed by atoms with Crippen molar-refractivity contribution in [1.82, 2.24) is 10.2 Å². The molecule has 0 unspecified atom stereocenters. The van der Waals surface area contributed by atoms with Gasteiger partial charge in [0.05, 0.1) is 12.6 Å². The van der Waals surface area contributed by atoms with Gasteiger partial charge in [0.15, 0.2) is 17.3 Å². The molecule has 3 rings (SSSR count). The molecule has 1 heterocycles. The smallest absolute Gasteiger partial charge is 0.282 e. The van der Waals surface area contributed by atoms with Gasteiger partial charge < -0.3 is 9.64 Å². The normalized spacial score (nSPS) is 10.6. The van der Waals surface area contributed by atoms with Crippen molar-refractivity contribution in [1.29, 1.82) is 0 Å². The van der Waals surface area contributed by atoms with Crippen LogP contribution in [0.3, 0.4) is 0 Å². The van der Waals surface area contributed by atoms with Gasteiger partial charge in [-0.05, 0) is 24.3 Å². The van der Waals surface area contributed by atoms with Crippen LogP contribution in [-0.2, 0) is 0 Å². The standard InChI is InChI=1S/C17H14FN3O3/c1-21(10-7-8-14(24-2)12(18)9-10)17(23)15-16(22)11-5-3-4-6-13(11)19-20-15/h3-9H,1-2H3,(H,19,22). The van der Waals surface area contributed by atoms with Crippen LogP contribution in [0.4, 0.5) is 10.1 Å². The number of fused-ring (bicyclic) bond motifs is 1. The number of halogens is 1. The molecule has 1 N–H and O–H groups in total. The number of carbonyl (C=O) groups excluding carboxylic acids is 1. The molecule has 0 bridgehead atoms. The summed E-state index contributed by atoms with van der Waals surface area (Å²) in [6.45, 7) is 0. The average molecular weight is 327 g/mol. The Morgan fingerprint density at radius 1 is 1.25 bits per heavy atom. The summed E-state index contributed by atoms with van der Waals surface area (Å²) < 4.78 is 18.7. The second kappa shape index (κ2) is 6.11. The second-order valence-corrected chi connectivity index (χ2v) is 5.13. The molecule has 0 aliphatic carbocycles. The van der Waals surface area contributed by atoms with Crippen LogP contribution in [0.25, 0.3) is 10.9 Å². The minimum atomic E-state index is -0.633. The maximum Gasteiger partial charge on any atom is 0.282 e. The minimum Gasteiger partial charge on any atom is -0.494 e. The molecule has 0 aliphatic rings. The predicted octanol–water partition coefficient (Wildman–Crippen LogP) is 2.35. The van der Waals surface area contributed by atoms with E-state index < -0.39 is 17.2 Å². The van der Waals surface area contributed by atoms with E-state index in [-0.39, 0.29) is 17.1 Å². The summed E-state index contributed by atoms with van der Waals surface area (Å²) in [6, 6.07) is 10.9. The first-order chi connectivity index (χ1) is 11.5. The molecule has 6 nitrogen and oxygen atoms in total. The molecular formula is C17H14FN3O3. The maximum absolute atomic E-state index is 13.8. The third-order valence-corrected chi connectivity index (χ3v) is 3.70. The number of anilines is 1. The zero-order valence-electron chi connectivity index (χ0n) is 13.0. The van der Waals surface area contributed by atoms with Crippen molar-refractivity contribution in [3.05, 3.63) is 64.2 Å². The Kier molecular flexibility index (Phi) is 3.99. The summed E-state index contributed by atoms with van der Waals surface area (Å²) in [6.07, 6.45) is 0. The molecule has 24 heavy (non-hydrogen) atoms. The Morgan fingerprint density at radius 2 is 2.00 bits per heavy atom. The van der Waals surface area contributed by atoms with Gasteiger partial charge in [-0.2, -0.15) is 5.10 Å². The summed E-state index contributed by atoms with van der Waals surface area (Å²) in [4.78, 5) is 26.2. The van der Waals surface area contributed by atoms with Crippen LogP contribution in [0.1, 0.15) is 10.5 Å². The molecule has 122 valence electrons. The largest absolute Gasteiger partial charge is 0.494 e. The van der Waals surface area contributed by atoms with Crippen LogP contribution in [0.5, 0.6) is 5.75 Å². The lowest BCUT2D eigenvalue weighted by molar-refractivity contribution is 0.0986. The first kappa shape index (κ1) is 15.7. The summed E-state index contributed by atoms with van der Waals surface area (Å²) in [5.74, 6) is -1.16. The van der Waals surface area contributed by atoms with Crippen LogP contribution in [0, 0.1) is 5.82 Å². The van der Waals surface area contributed by atoms with E-state index in [1.54, 1.807) is 24.3 Å². The highest BCUT2D eigenvalue weighted by Gasteiger charge is 2.21. The number of aromatic nitrogens is 2. The number of ether oxygens (including phenoxy) is 1. The zero-order valence-corrected chi connectivity index (χ0v) is 13.0. The van der Waals surface area contributed by atoms with Crippen molar-refractivity contribution in [2.24, 2.45) is 0 Å². The Bertz CT molecular complexity index is 984. The topological polar surface area (TPSA) is 75.3 Å². The van der Waals surface area contributed by atoms with Crippen molar-refractivity contribution in [2.75, 3.05) is 19.1 Å². The highest BCUT2D eigenvalue weighted by molar-refractivity contribution is 6.05. The number of nitrogens with one attached hydrogen (secondary N) is 1. The number of rotatable bonds is 3. The van der Waals surface area contributed by atoms with Crippen molar-refractivity contribution in [3.8, 4) is 5.75 Å². The van der Waals surface area contributed by atoms with Crippen LogP contribution in [0.15, 0.2) is 47.3 Å². The fourth-order valence-corrected chi connectivity index (χ4v) is 2.36. The zero-order chi connectivity index (χ0) is 17.3. The molecule has 3 aromatic rings. The Hall–Kier alpha value is -3.22. The van der Waals surface area contributed by atoms with Crippen LogP contribution in [0.2, 0.25) is 0 Å². The second-order valence-electron chi connectivity index (χ2n) is 5.13. The van der Waals surface area contributed by atoms with Gasteiger partial charge in [-0.1, -0.05) is 12.1 Å². The first-order valence-electron chi connectivity index (χ1n) is 7.12. The SMILES string of the molecule is COc1ccc(N(C)C(=O)c2n[nH]c3ccccc3c2=O)cc1F. The predicted molar refractivity (Wildman–Crippen MR) is 88.0 cm³/mol. The number of amides is 1. The molecule has 7 heteroatoms. The Morgan fingerprint density at radius 3 is 2.71 bits per heavy atom. The first-order valence-corrected chi connectivity index (χ1v) is 7.12. The van der Waals surface area contributed by atoms with Crippen LogP contribution < -0.4 is 15.1 Å². The number of carbonyl (C=O) groups is 1. The van der Waals surface area contributed by atoms with E-state index in [0.29, 0.717) is 10.9 Å². The molecular weight excluding hydrogens is 313 g/mol. The molecule has 1 amide bonds. The fraction of sp³-hybridized carbons (Fsp3) is 0.118. The Labute approximate surface area is 136 Å². The number of para-hydroxylation sites is 1. The highest BCUT2D eigenvalue weighted by atomic mass is 19.1. The van der Waals surface area contributed by atoms with Gasteiger partial charge in [0.1, 0.15) is 0 Å². The lowest BCUT2D eigenvalue weighted by atomic mass is 10.2. The molecule has 0 saturated heterocycles.